The van der Waals surface area contributed by atoms with Gasteiger partial charge in [-0.1, -0.05) is 24.3 Å². The Morgan fingerprint density at radius 1 is 1.04 bits per heavy atom. The summed E-state index contributed by atoms with van der Waals surface area (Å²) in [6, 6.07) is 10.7. The van der Waals surface area contributed by atoms with Gasteiger partial charge in [-0.3, -0.25) is 24.3 Å². The molecule has 27 heavy (non-hydrogen) atoms. The molecule has 1 saturated heterocycles. The van der Waals surface area contributed by atoms with E-state index >= 15 is 0 Å². The number of carbonyl (C=O) groups excluding carboxylic acids is 3. The second-order valence-corrected chi connectivity index (χ2v) is 6.80. The van der Waals surface area contributed by atoms with Crippen molar-refractivity contribution in [1.29, 1.82) is 0 Å². The van der Waals surface area contributed by atoms with Crippen LogP contribution in [-0.4, -0.2) is 27.8 Å². The number of hydrogen-bond donors (Lipinski definition) is 1. The first-order valence-corrected chi connectivity index (χ1v) is 8.47. The van der Waals surface area contributed by atoms with Crippen LogP contribution in [0.5, 0.6) is 0 Å². The van der Waals surface area contributed by atoms with Crippen molar-refractivity contribution in [2.75, 3.05) is 0 Å². The van der Waals surface area contributed by atoms with Gasteiger partial charge in [0.2, 0.25) is 0 Å². The third-order valence-electron chi connectivity index (χ3n) is 4.08. The number of alkyl halides is 3. The summed E-state index contributed by atoms with van der Waals surface area (Å²) in [7, 11) is 0. The highest BCUT2D eigenvalue weighted by Gasteiger charge is 2.41. The van der Waals surface area contributed by atoms with E-state index in [1.54, 1.807) is 24.3 Å². The number of carbonyl (C=O) groups is 3. The van der Waals surface area contributed by atoms with Crippen molar-refractivity contribution in [2.45, 2.75) is 6.18 Å². The SMILES string of the molecule is O=C1NC(=O)/C(=C/c2ccc3c(c2)c2ccccc2n3C(=O)C(F)(F)F)S1. The van der Waals surface area contributed by atoms with E-state index < -0.39 is 23.2 Å². The Kier molecular flexibility index (Phi) is 3.84. The number of benzene rings is 2. The Balaban J connectivity index is 1.94. The molecular formula is C18H9F3N2O3S. The molecule has 3 aromatic rings. The van der Waals surface area contributed by atoms with Gasteiger partial charge in [0.1, 0.15) is 0 Å². The zero-order valence-corrected chi connectivity index (χ0v) is 14.1. The number of fused-ring (bicyclic) bond motifs is 3. The maximum atomic E-state index is 13.0. The maximum absolute atomic E-state index is 13.0. The third-order valence-corrected chi connectivity index (χ3v) is 4.89. The fraction of sp³-hybridized carbons (Fsp3) is 0.0556. The number of amides is 2. The second-order valence-electron chi connectivity index (χ2n) is 5.78. The van der Waals surface area contributed by atoms with Gasteiger partial charge in [0.05, 0.1) is 15.9 Å². The number of aromatic nitrogens is 1. The van der Waals surface area contributed by atoms with Crippen molar-refractivity contribution < 1.29 is 27.6 Å². The molecule has 1 aliphatic heterocycles. The normalized spacial score (nSPS) is 16.5. The maximum Gasteiger partial charge on any atom is 0.472 e. The summed E-state index contributed by atoms with van der Waals surface area (Å²) in [5, 5.41) is 2.56. The lowest BCUT2D eigenvalue weighted by atomic mass is 10.1. The minimum absolute atomic E-state index is 0.111. The van der Waals surface area contributed by atoms with Gasteiger partial charge in [0, 0.05) is 10.8 Å². The number of imide groups is 1. The molecule has 2 heterocycles. The number of nitrogens with zero attached hydrogens (tertiary/aromatic N) is 1. The molecule has 0 spiro atoms. The Bertz CT molecular complexity index is 1180. The molecule has 4 rings (SSSR count). The summed E-state index contributed by atoms with van der Waals surface area (Å²) in [6.07, 6.45) is -3.55. The van der Waals surface area contributed by atoms with Gasteiger partial charge in [-0.05, 0) is 41.6 Å². The monoisotopic (exact) mass is 390 g/mol. The zero-order chi connectivity index (χ0) is 19.3. The topological polar surface area (TPSA) is 68.2 Å². The highest BCUT2D eigenvalue weighted by Crippen LogP contribution is 2.33. The molecule has 0 aliphatic carbocycles. The molecule has 0 atom stereocenters. The predicted octanol–water partition coefficient (Wildman–Crippen LogP) is 4.32. The minimum Gasteiger partial charge on any atom is -0.282 e. The molecule has 1 fully saturated rings. The average Bonchev–Trinajstić information content (AvgIpc) is 3.10. The van der Waals surface area contributed by atoms with Gasteiger partial charge in [-0.2, -0.15) is 13.2 Å². The lowest BCUT2D eigenvalue weighted by Gasteiger charge is -2.08. The molecule has 1 aromatic heterocycles. The summed E-state index contributed by atoms with van der Waals surface area (Å²) < 4.78 is 39.8. The molecular weight excluding hydrogens is 381 g/mol. The van der Waals surface area contributed by atoms with Crippen LogP contribution in [0, 0.1) is 0 Å². The van der Waals surface area contributed by atoms with Crippen LogP contribution >= 0.6 is 11.8 Å². The Labute approximate surface area is 153 Å². The van der Waals surface area contributed by atoms with E-state index in [1.165, 1.54) is 24.3 Å². The molecule has 2 amide bonds. The van der Waals surface area contributed by atoms with Gasteiger partial charge in [-0.15, -0.1) is 0 Å². The number of para-hydroxylation sites is 1. The van der Waals surface area contributed by atoms with Crippen molar-refractivity contribution in [3.63, 3.8) is 0 Å². The lowest BCUT2D eigenvalue weighted by Crippen LogP contribution is -2.28. The van der Waals surface area contributed by atoms with Crippen molar-refractivity contribution in [1.82, 2.24) is 9.88 Å². The van der Waals surface area contributed by atoms with Crippen molar-refractivity contribution >= 4 is 56.7 Å². The van der Waals surface area contributed by atoms with Crippen molar-refractivity contribution in [3.05, 3.63) is 52.9 Å². The average molecular weight is 390 g/mol. The van der Waals surface area contributed by atoms with E-state index in [4.69, 9.17) is 0 Å². The number of nitrogens with one attached hydrogen (secondary N) is 1. The number of thioether (sulfide) groups is 1. The molecule has 0 saturated carbocycles. The van der Waals surface area contributed by atoms with Crippen LogP contribution in [0.3, 0.4) is 0 Å². The molecule has 1 N–H and O–H groups in total. The van der Waals surface area contributed by atoms with Crippen molar-refractivity contribution in [2.24, 2.45) is 0 Å². The van der Waals surface area contributed by atoms with Crippen LogP contribution < -0.4 is 5.32 Å². The van der Waals surface area contributed by atoms with Gasteiger partial charge in [-0.25, -0.2) is 0 Å². The summed E-state index contributed by atoms with van der Waals surface area (Å²) in [5.41, 5.74) is 0.778. The summed E-state index contributed by atoms with van der Waals surface area (Å²) in [4.78, 5) is 35.0. The number of hydrogen-bond acceptors (Lipinski definition) is 4. The van der Waals surface area contributed by atoms with Crippen LogP contribution in [-0.2, 0) is 4.79 Å². The summed E-state index contributed by atoms with van der Waals surface area (Å²) >= 11 is 0.744. The molecule has 136 valence electrons. The van der Waals surface area contributed by atoms with Crippen LogP contribution in [0.4, 0.5) is 18.0 Å². The standard InChI is InChI=1S/C18H9F3N2O3S/c19-18(20,21)16(25)23-12-4-2-1-3-10(12)11-7-9(5-6-13(11)23)8-14-15(24)22-17(26)27-14/h1-8H,(H,22,24,26)/b14-8-. The van der Waals surface area contributed by atoms with E-state index in [0.29, 0.717) is 20.9 Å². The van der Waals surface area contributed by atoms with E-state index in [0.717, 1.165) is 11.8 Å². The molecule has 0 unspecified atom stereocenters. The van der Waals surface area contributed by atoms with E-state index in [2.05, 4.69) is 5.32 Å². The Morgan fingerprint density at radius 3 is 2.41 bits per heavy atom. The minimum atomic E-state index is -5.02. The third kappa shape index (κ3) is 2.89. The summed E-state index contributed by atoms with van der Waals surface area (Å²) in [5.74, 6) is -2.50. The molecule has 0 radical (unpaired) electrons. The Morgan fingerprint density at radius 2 is 1.74 bits per heavy atom. The van der Waals surface area contributed by atoms with Crippen LogP contribution in [0.15, 0.2) is 47.4 Å². The van der Waals surface area contributed by atoms with Gasteiger partial charge >= 0.3 is 12.1 Å². The number of halogens is 3. The predicted molar refractivity (Wildman–Crippen MR) is 95.2 cm³/mol. The number of rotatable bonds is 1. The van der Waals surface area contributed by atoms with Gasteiger partial charge in [0.15, 0.2) is 0 Å². The lowest BCUT2D eigenvalue weighted by molar-refractivity contribution is -0.115. The first-order chi connectivity index (χ1) is 12.8. The summed E-state index contributed by atoms with van der Waals surface area (Å²) in [6.45, 7) is 0. The fourth-order valence-corrected chi connectivity index (χ4v) is 3.68. The van der Waals surface area contributed by atoms with E-state index in [1.807, 2.05) is 0 Å². The molecule has 5 nitrogen and oxygen atoms in total. The van der Waals surface area contributed by atoms with Gasteiger partial charge < -0.3 is 0 Å². The first kappa shape index (κ1) is 17.3. The highest BCUT2D eigenvalue weighted by molar-refractivity contribution is 8.18. The second kappa shape index (κ2) is 5.98. The van der Waals surface area contributed by atoms with E-state index in [-0.39, 0.29) is 15.9 Å². The van der Waals surface area contributed by atoms with Crippen LogP contribution in [0.25, 0.3) is 27.9 Å². The first-order valence-electron chi connectivity index (χ1n) is 7.65. The largest absolute Gasteiger partial charge is 0.472 e. The molecule has 1 aliphatic rings. The smallest absolute Gasteiger partial charge is 0.282 e. The zero-order valence-electron chi connectivity index (χ0n) is 13.3. The fourth-order valence-electron chi connectivity index (χ4n) is 3.00. The quantitative estimate of drug-likeness (QED) is 0.629. The molecule has 0 bridgehead atoms. The van der Waals surface area contributed by atoms with Crippen molar-refractivity contribution in [3.8, 4) is 0 Å². The Hall–Kier alpha value is -3.07. The van der Waals surface area contributed by atoms with Crippen LogP contribution in [0.2, 0.25) is 0 Å². The van der Waals surface area contributed by atoms with E-state index in [9.17, 15) is 27.6 Å². The van der Waals surface area contributed by atoms with Crippen LogP contribution in [0.1, 0.15) is 10.4 Å². The highest BCUT2D eigenvalue weighted by atomic mass is 32.2. The van der Waals surface area contributed by atoms with Gasteiger partial charge in [0.25, 0.3) is 11.1 Å². The molecule has 2 aromatic carbocycles. The molecule has 9 heteroatoms.